The topological polar surface area (TPSA) is 77.2 Å². The first kappa shape index (κ1) is 14.1. The minimum Gasteiger partial charge on any atom is -0.234 e. The smallest absolute Gasteiger partial charge is 0.229 e. The highest BCUT2D eigenvalue weighted by atomic mass is 35.5. The highest BCUT2D eigenvalue weighted by molar-refractivity contribution is 7.91. The van der Waals surface area contributed by atoms with Crippen molar-refractivity contribution in [3.63, 3.8) is 0 Å². The Morgan fingerprint density at radius 1 is 1.04 bits per heavy atom. The fraction of sp³-hybridized carbons (Fsp3) is 0. The molecule has 8 heteroatoms. The summed E-state index contributed by atoms with van der Waals surface area (Å²) in [5.74, 6) is 0. The van der Waals surface area contributed by atoms with E-state index in [1.807, 2.05) is 24.3 Å². The highest BCUT2D eigenvalue weighted by Gasteiger charge is 2.26. The summed E-state index contributed by atoms with van der Waals surface area (Å²) < 4.78 is 27.0. The van der Waals surface area contributed by atoms with Crippen LogP contribution in [0.4, 0.5) is 0 Å². The van der Waals surface area contributed by atoms with Crippen LogP contribution in [0.2, 0.25) is 5.02 Å². The summed E-state index contributed by atoms with van der Waals surface area (Å²) in [6, 6.07) is 13.4. The highest BCUT2D eigenvalue weighted by Crippen LogP contribution is 2.25. The van der Waals surface area contributed by atoms with Crippen LogP contribution in [-0.4, -0.2) is 28.2 Å². The Hall–Kier alpha value is -2.51. The van der Waals surface area contributed by atoms with E-state index in [2.05, 4.69) is 15.3 Å². The third kappa shape index (κ3) is 2.16. The predicted octanol–water partition coefficient (Wildman–Crippen LogP) is 2.76. The first-order valence-electron chi connectivity index (χ1n) is 6.67. The van der Waals surface area contributed by atoms with Gasteiger partial charge in [0.15, 0.2) is 5.65 Å². The first-order valence-corrected chi connectivity index (χ1v) is 8.53. The van der Waals surface area contributed by atoms with Crippen molar-refractivity contribution in [2.75, 3.05) is 0 Å². The van der Waals surface area contributed by atoms with Gasteiger partial charge in [-0.1, -0.05) is 41.1 Å². The van der Waals surface area contributed by atoms with Crippen LogP contribution in [0.3, 0.4) is 0 Å². The van der Waals surface area contributed by atoms with Crippen molar-refractivity contribution in [2.45, 2.75) is 9.92 Å². The Labute approximate surface area is 136 Å². The molecule has 0 N–H and O–H groups in total. The molecule has 4 aromatic rings. The van der Waals surface area contributed by atoms with Crippen LogP contribution in [-0.2, 0) is 9.84 Å². The summed E-state index contributed by atoms with van der Waals surface area (Å²) in [5.41, 5.74) is 0.918. The van der Waals surface area contributed by atoms with Crippen molar-refractivity contribution >= 4 is 38.0 Å². The monoisotopic (exact) mass is 344 g/mol. The molecule has 114 valence electrons. The maximum atomic E-state index is 12.8. The molecule has 2 aromatic carbocycles. The lowest BCUT2D eigenvalue weighted by Crippen LogP contribution is -2.04. The summed E-state index contributed by atoms with van der Waals surface area (Å²) in [4.78, 5) is 4.27. The second kappa shape index (κ2) is 5.00. The van der Waals surface area contributed by atoms with Crippen LogP contribution < -0.4 is 0 Å². The fourth-order valence-electron chi connectivity index (χ4n) is 2.38. The summed E-state index contributed by atoms with van der Waals surface area (Å²) >= 11 is 5.89. The molecule has 0 bridgehead atoms. The molecular weight excluding hydrogens is 336 g/mol. The number of halogens is 1. The Morgan fingerprint density at radius 3 is 2.70 bits per heavy atom. The van der Waals surface area contributed by atoms with Crippen molar-refractivity contribution in [2.24, 2.45) is 0 Å². The van der Waals surface area contributed by atoms with Crippen LogP contribution in [0.5, 0.6) is 0 Å². The van der Waals surface area contributed by atoms with Crippen molar-refractivity contribution < 1.29 is 8.42 Å². The van der Waals surface area contributed by atoms with Gasteiger partial charge in [-0.3, -0.25) is 0 Å². The minimum absolute atomic E-state index is 0.0577. The molecule has 0 spiro atoms. The maximum Gasteiger partial charge on any atom is 0.229 e. The van der Waals surface area contributed by atoms with E-state index in [4.69, 9.17) is 11.6 Å². The fourth-order valence-corrected chi connectivity index (χ4v) is 3.92. The van der Waals surface area contributed by atoms with E-state index in [0.717, 1.165) is 10.9 Å². The van der Waals surface area contributed by atoms with E-state index in [-0.39, 0.29) is 15.6 Å². The number of aromatic nitrogens is 4. The largest absolute Gasteiger partial charge is 0.234 e. The predicted molar refractivity (Wildman–Crippen MR) is 85.2 cm³/mol. The minimum atomic E-state index is -3.85. The third-order valence-electron chi connectivity index (χ3n) is 3.47. The van der Waals surface area contributed by atoms with Crippen LogP contribution >= 0.6 is 11.6 Å². The van der Waals surface area contributed by atoms with Crippen molar-refractivity contribution in [3.05, 3.63) is 59.8 Å². The van der Waals surface area contributed by atoms with E-state index in [1.165, 1.54) is 16.6 Å². The molecule has 0 atom stereocenters. The van der Waals surface area contributed by atoms with Gasteiger partial charge in [0.2, 0.25) is 14.9 Å². The van der Waals surface area contributed by atoms with Crippen LogP contribution in [0.25, 0.3) is 16.6 Å². The van der Waals surface area contributed by atoms with Gasteiger partial charge >= 0.3 is 0 Å². The van der Waals surface area contributed by atoms with Gasteiger partial charge in [0.1, 0.15) is 0 Å². The van der Waals surface area contributed by atoms with Crippen molar-refractivity contribution in [1.82, 2.24) is 19.8 Å². The Morgan fingerprint density at radius 2 is 1.87 bits per heavy atom. The molecule has 2 aromatic heterocycles. The van der Waals surface area contributed by atoms with Gasteiger partial charge in [0, 0.05) is 16.6 Å². The average molecular weight is 345 g/mol. The Bertz CT molecular complexity index is 1150. The summed E-state index contributed by atoms with van der Waals surface area (Å²) in [7, 11) is -3.85. The Kier molecular flexibility index (Phi) is 3.07. The lowest BCUT2D eigenvalue weighted by Gasteiger charge is -2.02. The average Bonchev–Trinajstić information content (AvgIpc) is 3.00. The molecule has 6 nitrogen and oxygen atoms in total. The molecule has 0 aliphatic rings. The second-order valence-electron chi connectivity index (χ2n) is 4.91. The van der Waals surface area contributed by atoms with Gasteiger partial charge in [0.25, 0.3) is 0 Å². The zero-order valence-electron chi connectivity index (χ0n) is 11.6. The first-order chi connectivity index (χ1) is 11.1. The van der Waals surface area contributed by atoms with Crippen molar-refractivity contribution in [3.8, 4) is 0 Å². The quantitative estimate of drug-likeness (QED) is 0.558. The number of hydrogen-bond acceptors (Lipinski definition) is 5. The summed E-state index contributed by atoms with van der Waals surface area (Å²) in [5, 5.41) is 8.78. The standard InChI is InChI=1S/C15H9ClN4O2S/c16-11-5-3-6-12(8-11)23(21,22)15-14-17-9-10-4-1-2-7-13(10)20(14)19-18-15/h1-9H. The van der Waals surface area contributed by atoms with Crippen molar-refractivity contribution in [1.29, 1.82) is 0 Å². The maximum absolute atomic E-state index is 12.8. The number of sulfone groups is 1. The van der Waals surface area contributed by atoms with Crippen LogP contribution in [0.15, 0.2) is 64.6 Å². The normalized spacial score (nSPS) is 12.0. The van der Waals surface area contributed by atoms with Gasteiger partial charge in [0.05, 0.1) is 10.4 Å². The summed E-state index contributed by atoms with van der Waals surface area (Å²) in [6.07, 6.45) is 1.60. The molecule has 0 saturated heterocycles. The second-order valence-corrected chi connectivity index (χ2v) is 7.21. The molecule has 0 fully saturated rings. The lowest BCUT2D eigenvalue weighted by molar-refractivity contribution is 0.592. The molecule has 23 heavy (non-hydrogen) atoms. The number of nitrogens with zero attached hydrogens (tertiary/aromatic N) is 4. The number of benzene rings is 2. The van der Waals surface area contributed by atoms with Gasteiger partial charge in [-0.25, -0.2) is 13.4 Å². The molecule has 4 rings (SSSR count). The van der Waals surface area contributed by atoms with E-state index in [0.29, 0.717) is 5.02 Å². The van der Waals surface area contributed by atoms with E-state index < -0.39 is 9.84 Å². The number of para-hydroxylation sites is 1. The molecule has 0 radical (unpaired) electrons. The molecule has 0 amide bonds. The third-order valence-corrected chi connectivity index (χ3v) is 5.35. The molecule has 0 saturated carbocycles. The van der Waals surface area contributed by atoms with Gasteiger partial charge in [-0.2, -0.15) is 4.52 Å². The molecular formula is C15H9ClN4O2S. The zero-order chi connectivity index (χ0) is 16.0. The van der Waals surface area contributed by atoms with Gasteiger partial charge < -0.3 is 0 Å². The molecule has 0 unspecified atom stereocenters. The van der Waals surface area contributed by atoms with Crippen LogP contribution in [0, 0.1) is 0 Å². The molecule has 0 aliphatic carbocycles. The van der Waals surface area contributed by atoms with Crippen LogP contribution in [0.1, 0.15) is 0 Å². The number of rotatable bonds is 2. The lowest BCUT2D eigenvalue weighted by atomic mass is 10.2. The SMILES string of the molecule is O=S(=O)(c1cccc(Cl)c1)c1nnn2c1ncc1ccccc12. The molecule has 2 heterocycles. The molecule has 0 aliphatic heterocycles. The summed E-state index contributed by atoms with van der Waals surface area (Å²) in [6.45, 7) is 0. The van der Waals surface area contributed by atoms with E-state index in [9.17, 15) is 8.42 Å². The van der Waals surface area contributed by atoms with Gasteiger partial charge in [-0.15, -0.1) is 5.10 Å². The number of fused-ring (bicyclic) bond motifs is 3. The van der Waals surface area contributed by atoms with E-state index >= 15 is 0 Å². The zero-order valence-corrected chi connectivity index (χ0v) is 13.2. The number of hydrogen-bond donors (Lipinski definition) is 0. The van der Waals surface area contributed by atoms with E-state index in [1.54, 1.807) is 18.3 Å². The van der Waals surface area contributed by atoms with Gasteiger partial charge in [-0.05, 0) is 24.3 Å². The Balaban J connectivity index is 2.01.